The number of likely N-dealkylation sites (tertiary alicyclic amines) is 1. The first-order valence-corrected chi connectivity index (χ1v) is 8.30. The van der Waals surface area contributed by atoms with Crippen LogP contribution in [0.1, 0.15) is 57.3 Å². The Hall–Kier alpha value is -1.71. The Balaban J connectivity index is 2.27. The molecule has 0 bridgehead atoms. The summed E-state index contributed by atoms with van der Waals surface area (Å²) in [7, 11) is 0. The van der Waals surface area contributed by atoms with E-state index in [0.29, 0.717) is 42.4 Å². The van der Waals surface area contributed by atoms with Crippen molar-refractivity contribution in [2.75, 3.05) is 13.2 Å². The number of piperidine rings is 1. The molecule has 0 N–H and O–H groups in total. The molecule has 4 heteroatoms. The van der Waals surface area contributed by atoms with Crippen LogP contribution in [0, 0.1) is 0 Å². The van der Waals surface area contributed by atoms with Crippen LogP contribution in [0.25, 0.3) is 0 Å². The number of rotatable bonds is 5. The maximum Gasteiger partial charge on any atom is 0.254 e. The fourth-order valence-corrected chi connectivity index (χ4v) is 3.15. The molecular formula is C18H27NO3. The molecule has 1 fully saturated rings. The van der Waals surface area contributed by atoms with Gasteiger partial charge in [-0.2, -0.15) is 0 Å². The van der Waals surface area contributed by atoms with E-state index in [4.69, 9.17) is 9.47 Å². The van der Waals surface area contributed by atoms with Gasteiger partial charge in [0.05, 0.1) is 13.2 Å². The lowest BCUT2D eigenvalue weighted by molar-refractivity contribution is 0.0510. The van der Waals surface area contributed by atoms with E-state index in [1.165, 1.54) is 6.42 Å². The van der Waals surface area contributed by atoms with Crippen molar-refractivity contribution in [2.45, 2.75) is 59.0 Å². The predicted molar refractivity (Wildman–Crippen MR) is 87.7 cm³/mol. The van der Waals surface area contributed by atoms with Crippen molar-refractivity contribution in [3.05, 3.63) is 23.8 Å². The van der Waals surface area contributed by atoms with E-state index in [1.807, 2.05) is 36.9 Å². The van der Waals surface area contributed by atoms with Crippen LogP contribution in [-0.4, -0.2) is 36.1 Å². The topological polar surface area (TPSA) is 38.8 Å². The molecule has 1 saturated heterocycles. The van der Waals surface area contributed by atoms with Gasteiger partial charge in [-0.1, -0.05) is 0 Å². The van der Waals surface area contributed by atoms with Crippen LogP contribution in [0.2, 0.25) is 0 Å². The van der Waals surface area contributed by atoms with Crippen LogP contribution in [0.4, 0.5) is 0 Å². The highest BCUT2D eigenvalue weighted by Gasteiger charge is 2.30. The highest BCUT2D eigenvalue weighted by atomic mass is 16.5. The maximum absolute atomic E-state index is 12.9. The summed E-state index contributed by atoms with van der Waals surface area (Å²) >= 11 is 0. The zero-order chi connectivity index (χ0) is 16.1. The quantitative estimate of drug-likeness (QED) is 0.828. The van der Waals surface area contributed by atoms with Gasteiger partial charge in [-0.05, 0) is 65.2 Å². The molecule has 0 radical (unpaired) electrons. The fraction of sp³-hybridized carbons (Fsp3) is 0.611. The number of benzene rings is 1. The smallest absolute Gasteiger partial charge is 0.254 e. The van der Waals surface area contributed by atoms with Gasteiger partial charge in [-0.15, -0.1) is 0 Å². The summed E-state index contributed by atoms with van der Waals surface area (Å²) in [5.41, 5.74) is 0.674. The highest BCUT2D eigenvalue weighted by Crippen LogP contribution is 2.31. The highest BCUT2D eigenvalue weighted by molar-refractivity contribution is 5.95. The lowest BCUT2D eigenvalue weighted by Gasteiger charge is -2.39. The molecular weight excluding hydrogens is 278 g/mol. The number of amides is 1. The molecule has 1 aliphatic rings. The molecule has 1 aromatic rings. The Morgan fingerprint density at radius 3 is 2.27 bits per heavy atom. The summed E-state index contributed by atoms with van der Waals surface area (Å²) in [5.74, 6) is 1.43. The standard InChI is InChI=1S/C18H27NO3/c1-5-21-16-11-10-15(12-17(16)22-6-2)18(20)19-13(3)8-7-9-14(19)4/h10-14H,5-9H2,1-4H3. The molecule has 122 valence electrons. The summed E-state index contributed by atoms with van der Waals surface area (Å²) in [5, 5.41) is 0. The molecule has 0 aliphatic carbocycles. The largest absolute Gasteiger partial charge is 0.490 e. The molecule has 4 nitrogen and oxygen atoms in total. The lowest BCUT2D eigenvalue weighted by Crippen LogP contribution is -2.47. The Morgan fingerprint density at radius 2 is 1.68 bits per heavy atom. The predicted octanol–water partition coefficient (Wildman–Crippen LogP) is 3.89. The van der Waals surface area contributed by atoms with Crippen LogP contribution < -0.4 is 9.47 Å². The van der Waals surface area contributed by atoms with E-state index < -0.39 is 0 Å². The van der Waals surface area contributed by atoms with E-state index in [-0.39, 0.29) is 5.91 Å². The Bertz CT molecular complexity index is 505. The summed E-state index contributed by atoms with van der Waals surface area (Å²) in [6.45, 7) is 9.25. The fourth-order valence-electron chi connectivity index (χ4n) is 3.15. The van der Waals surface area contributed by atoms with Crippen LogP contribution >= 0.6 is 0 Å². The minimum absolute atomic E-state index is 0.0868. The third kappa shape index (κ3) is 3.54. The molecule has 0 spiro atoms. The van der Waals surface area contributed by atoms with E-state index in [0.717, 1.165) is 12.8 Å². The van der Waals surface area contributed by atoms with E-state index in [1.54, 1.807) is 0 Å². The monoisotopic (exact) mass is 305 g/mol. The Kier molecular flexibility index (Phi) is 5.69. The third-order valence-electron chi connectivity index (χ3n) is 4.22. The van der Waals surface area contributed by atoms with Crippen molar-refractivity contribution in [3.63, 3.8) is 0 Å². The van der Waals surface area contributed by atoms with Crippen molar-refractivity contribution in [1.82, 2.24) is 4.90 Å². The second-order valence-corrected chi connectivity index (χ2v) is 5.87. The first kappa shape index (κ1) is 16.7. The van der Waals surface area contributed by atoms with Gasteiger partial charge < -0.3 is 14.4 Å². The molecule has 1 amide bonds. The van der Waals surface area contributed by atoms with Gasteiger partial charge in [0, 0.05) is 17.6 Å². The average molecular weight is 305 g/mol. The molecule has 1 aliphatic heterocycles. The minimum atomic E-state index is 0.0868. The minimum Gasteiger partial charge on any atom is -0.490 e. The zero-order valence-electron chi connectivity index (χ0n) is 14.1. The summed E-state index contributed by atoms with van der Waals surface area (Å²) in [6, 6.07) is 6.06. The Morgan fingerprint density at radius 1 is 1.09 bits per heavy atom. The lowest BCUT2D eigenvalue weighted by atomic mass is 9.96. The number of carbonyl (C=O) groups is 1. The maximum atomic E-state index is 12.9. The molecule has 22 heavy (non-hydrogen) atoms. The molecule has 1 aromatic carbocycles. The second kappa shape index (κ2) is 7.52. The first-order chi connectivity index (χ1) is 10.6. The molecule has 1 heterocycles. The van der Waals surface area contributed by atoms with E-state index >= 15 is 0 Å². The van der Waals surface area contributed by atoms with E-state index in [9.17, 15) is 4.79 Å². The average Bonchev–Trinajstić information content (AvgIpc) is 2.49. The van der Waals surface area contributed by atoms with Crippen molar-refractivity contribution >= 4 is 5.91 Å². The number of carbonyl (C=O) groups excluding carboxylic acids is 1. The normalized spacial score (nSPS) is 21.5. The molecule has 2 unspecified atom stereocenters. The van der Waals surface area contributed by atoms with Gasteiger partial charge in [0.1, 0.15) is 0 Å². The molecule has 0 aromatic heterocycles. The van der Waals surface area contributed by atoms with Crippen molar-refractivity contribution in [2.24, 2.45) is 0 Å². The SMILES string of the molecule is CCOc1ccc(C(=O)N2C(C)CCCC2C)cc1OCC. The van der Waals surface area contributed by atoms with Gasteiger partial charge >= 0.3 is 0 Å². The number of nitrogens with zero attached hydrogens (tertiary/aromatic N) is 1. The number of ether oxygens (including phenoxy) is 2. The number of hydrogen-bond acceptors (Lipinski definition) is 3. The van der Waals surface area contributed by atoms with Gasteiger partial charge in [0.25, 0.3) is 5.91 Å². The molecule has 0 saturated carbocycles. The summed E-state index contributed by atoms with van der Waals surface area (Å²) < 4.78 is 11.2. The second-order valence-electron chi connectivity index (χ2n) is 5.87. The van der Waals surface area contributed by atoms with Crippen LogP contribution in [0.5, 0.6) is 11.5 Å². The van der Waals surface area contributed by atoms with Crippen LogP contribution in [0.15, 0.2) is 18.2 Å². The molecule has 2 rings (SSSR count). The zero-order valence-corrected chi connectivity index (χ0v) is 14.1. The Labute approximate surface area is 133 Å². The molecule has 2 atom stereocenters. The summed E-state index contributed by atoms with van der Waals surface area (Å²) in [4.78, 5) is 14.9. The first-order valence-electron chi connectivity index (χ1n) is 8.30. The van der Waals surface area contributed by atoms with E-state index in [2.05, 4.69) is 13.8 Å². The summed E-state index contributed by atoms with van der Waals surface area (Å²) in [6.07, 6.45) is 3.34. The van der Waals surface area contributed by atoms with Crippen molar-refractivity contribution < 1.29 is 14.3 Å². The van der Waals surface area contributed by atoms with Gasteiger partial charge in [-0.25, -0.2) is 0 Å². The third-order valence-corrected chi connectivity index (χ3v) is 4.22. The number of hydrogen-bond donors (Lipinski definition) is 0. The van der Waals surface area contributed by atoms with Crippen molar-refractivity contribution in [1.29, 1.82) is 0 Å². The van der Waals surface area contributed by atoms with Gasteiger partial charge in [0.2, 0.25) is 0 Å². The van der Waals surface area contributed by atoms with Crippen LogP contribution in [-0.2, 0) is 0 Å². The van der Waals surface area contributed by atoms with Gasteiger partial charge in [0.15, 0.2) is 11.5 Å². The van der Waals surface area contributed by atoms with Crippen LogP contribution in [0.3, 0.4) is 0 Å². The van der Waals surface area contributed by atoms with Gasteiger partial charge in [-0.3, -0.25) is 4.79 Å². The van der Waals surface area contributed by atoms with Crippen molar-refractivity contribution in [3.8, 4) is 11.5 Å².